The highest BCUT2D eigenvalue weighted by atomic mass is 32.2. The third-order valence-electron chi connectivity index (χ3n) is 7.45. The van der Waals surface area contributed by atoms with Crippen LogP contribution >= 0.6 is 23.1 Å². The van der Waals surface area contributed by atoms with E-state index in [2.05, 4.69) is 52.8 Å². The van der Waals surface area contributed by atoms with Gasteiger partial charge in [0.1, 0.15) is 10.8 Å². The lowest BCUT2D eigenvalue weighted by atomic mass is 10.1. The van der Waals surface area contributed by atoms with Crippen molar-refractivity contribution >= 4 is 29.0 Å². The first kappa shape index (κ1) is 25.1. The van der Waals surface area contributed by atoms with Gasteiger partial charge in [-0.15, -0.1) is 11.3 Å². The van der Waals surface area contributed by atoms with Crippen molar-refractivity contribution < 1.29 is 9.53 Å². The zero-order valence-corrected chi connectivity index (χ0v) is 22.7. The number of thiazole rings is 1. The number of amides is 1. The molecule has 0 N–H and O–H groups in total. The molecule has 6 nitrogen and oxygen atoms in total. The van der Waals surface area contributed by atoms with Crippen LogP contribution in [0.4, 0.5) is 0 Å². The third-order valence-corrected chi connectivity index (χ3v) is 9.56. The number of nitrogens with zero attached hydrogens (tertiary/aromatic N) is 4. The quantitative estimate of drug-likeness (QED) is 0.498. The van der Waals surface area contributed by atoms with E-state index in [9.17, 15) is 4.79 Å². The lowest BCUT2D eigenvalue weighted by Gasteiger charge is -2.36. The van der Waals surface area contributed by atoms with Crippen LogP contribution in [0.1, 0.15) is 30.8 Å². The molecule has 2 saturated heterocycles. The van der Waals surface area contributed by atoms with Gasteiger partial charge in [0.2, 0.25) is 5.91 Å². The first-order chi connectivity index (χ1) is 17.1. The van der Waals surface area contributed by atoms with Crippen LogP contribution in [-0.4, -0.2) is 95.6 Å². The van der Waals surface area contributed by atoms with Crippen molar-refractivity contribution in [3.05, 3.63) is 34.8 Å². The number of rotatable bonds is 8. The summed E-state index contributed by atoms with van der Waals surface area (Å²) in [6.07, 6.45) is 2.70. The van der Waals surface area contributed by atoms with Crippen molar-refractivity contribution in [2.45, 2.75) is 39.2 Å². The number of ether oxygens (including phenoxy) is 1. The lowest BCUT2D eigenvalue weighted by Crippen LogP contribution is -2.49. The molecule has 2 aliphatic heterocycles. The molecule has 190 valence electrons. The summed E-state index contributed by atoms with van der Waals surface area (Å²) in [4.78, 5) is 26.2. The highest BCUT2D eigenvalue weighted by Gasteiger charge is 2.34. The van der Waals surface area contributed by atoms with Gasteiger partial charge in [0, 0.05) is 86.1 Å². The summed E-state index contributed by atoms with van der Waals surface area (Å²) >= 11 is 3.70. The molecule has 1 unspecified atom stereocenters. The minimum Gasteiger partial charge on any atom is -0.494 e. The van der Waals surface area contributed by atoms with Crippen LogP contribution in [0.3, 0.4) is 0 Å². The molecule has 2 aromatic rings. The molecule has 1 aromatic heterocycles. The summed E-state index contributed by atoms with van der Waals surface area (Å²) in [6, 6.07) is 9.00. The molecule has 5 rings (SSSR count). The van der Waals surface area contributed by atoms with Crippen LogP contribution in [0.25, 0.3) is 10.6 Å². The summed E-state index contributed by atoms with van der Waals surface area (Å²) in [6.45, 7) is 12.9. The van der Waals surface area contributed by atoms with E-state index in [-0.39, 0.29) is 5.92 Å². The predicted molar refractivity (Wildman–Crippen MR) is 146 cm³/mol. The smallest absolute Gasteiger partial charge is 0.226 e. The van der Waals surface area contributed by atoms with Gasteiger partial charge in [-0.1, -0.05) is 0 Å². The fourth-order valence-corrected chi connectivity index (χ4v) is 7.32. The molecule has 0 spiro atoms. The highest BCUT2D eigenvalue weighted by molar-refractivity contribution is 7.99. The van der Waals surface area contributed by atoms with Crippen LogP contribution in [0.5, 0.6) is 5.75 Å². The number of carbonyl (C=O) groups is 1. The lowest BCUT2D eigenvalue weighted by molar-refractivity contribution is -0.134. The zero-order chi connectivity index (χ0) is 24.2. The molecule has 1 aromatic carbocycles. The second-order valence-electron chi connectivity index (χ2n) is 10.1. The Kier molecular flexibility index (Phi) is 8.32. The normalized spacial score (nSPS) is 21.5. The first-order valence-corrected chi connectivity index (χ1v) is 15.1. The summed E-state index contributed by atoms with van der Waals surface area (Å²) in [5.74, 6) is 3.48. The van der Waals surface area contributed by atoms with Crippen LogP contribution in [0.15, 0.2) is 24.3 Å². The molecule has 1 atom stereocenters. The van der Waals surface area contributed by atoms with Gasteiger partial charge in [-0.25, -0.2) is 4.98 Å². The molecular formula is C27H38N4O2S2. The maximum atomic E-state index is 12.9. The Morgan fingerprint density at radius 3 is 2.49 bits per heavy atom. The first-order valence-electron chi connectivity index (χ1n) is 13.1. The van der Waals surface area contributed by atoms with E-state index in [0.717, 1.165) is 92.1 Å². The van der Waals surface area contributed by atoms with E-state index in [1.165, 1.54) is 18.0 Å². The Hall–Kier alpha value is -1.61. The van der Waals surface area contributed by atoms with Crippen LogP contribution in [0.2, 0.25) is 0 Å². The van der Waals surface area contributed by atoms with Gasteiger partial charge in [0.25, 0.3) is 0 Å². The standard InChI is InChI=1S/C27H38N4O2S2/c1-20(2)30-11-9-29(10-12-30)8-3-15-33-23-6-4-21(5-7-23)26-28-24-18-22(19-25(24)35-26)27(32)31-13-16-34-17-14-31/h4-7,20,22H,3,8-19H2,1-2H3. The van der Waals surface area contributed by atoms with E-state index in [1.54, 1.807) is 11.3 Å². The Morgan fingerprint density at radius 1 is 1.06 bits per heavy atom. The number of hydrogen-bond donors (Lipinski definition) is 0. The van der Waals surface area contributed by atoms with Crippen molar-refractivity contribution in [2.75, 3.05) is 63.9 Å². The molecule has 0 bridgehead atoms. The molecule has 1 aliphatic carbocycles. The summed E-state index contributed by atoms with van der Waals surface area (Å²) in [5.41, 5.74) is 2.26. The predicted octanol–water partition coefficient (Wildman–Crippen LogP) is 3.90. The molecule has 3 heterocycles. The van der Waals surface area contributed by atoms with Crippen molar-refractivity contribution in [3.63, 3.8) is 0 Å². The van der Waals surface area contributed by atoms with Gasteiger partial charge in [0.05, 0.1) is 12.3 Å². The second-order valence-corrected chi connectivity index (χ2v) is 12.4. The highest BCUT2D eigenvalue weighted by Crippen LogP contribution is 2.37. The number of carbonyl (C=O) groups excluding carboxylic acids is 1. The molecule has 8 heteroatoms. The average Bonchev–Trinajstić information content (AvgIpc) is 3.47. The number of piperazine rings is 1. The van der Waals surface area contributed by atoms with Crippen molar-refractivity contribution in [2.24, 2.45) is 5.92 Å². The summed E-state index contributed by atoms with van der Waals surface area (Å²) < 4.78 is 6.01. The van der Waals surface area contributed by atoms with E-state index >= 15 is 0 Å². The van der Waals surface area contributed by atoms with Gasteiger partial charge in [-0.05, 0) is 51.0 Å². The molecule has 2 fully saturated rings. The molecule has 35 heavy (non-hydrogen) atoms. The third kappa shape index (κ3) is 6.21. The largest absolute Gasteiger partial charge is 0.494 e. The monoisotopic (exact) mass is 514 g/mol. The topological polar surface area (TPSA) is 48.9 Å². The SMILES string of the molecule is CC(C)N1CCN(CCCOc2ccc(-c3nc4c(s3)CC(C(=O)N3CCSCC3)C4)cc2)CC1. The molecule has 0 saturated carbocycles. The van der Waals surface area contributed by atoms with Crippen LogP contribution in [0, 0.1) is 5.92 Å². The van der Waals surface area contributed by atoms with E-state index in [0.29, 0.717) is 11.9 Å². The van der Waals surface area contributed by atoms with E-state index in [4.69, 9.17) is 9.72 Å². The number of hydrogen-bond acceptors (Lipinski definition) is 7. The molecular weight excluding hydrogens is 476 g/mol. The number of fused-ring (bicyclic) bond motifs is 1. The fourth-order valence-electron chi connectivity index (χ4n) is 5.25. The van der Waals surface area contributed by atoms with Gasteiger partial charge in [-0.2, -0.15) is 11.8 Å². The Labute approximate surface area is 218 Å². The zero-order valence-electron chi connectivity index (χ0n) is 21.1. The maximum absolute atomic E-state index is 12.9. The summed E-state index contributed by atoms with van der Waals surface area (Å²) in [5, 5.41) is 1.06. The van der Waals surface area contributed by atoms with Crippen molar-refractivity contribution in [3.8, 4) is 16.3 Å². The van der Waals surface area contributed by atoms with E-state index < -0.39 is 0 Å². The van der Waals surface area contributed by atoms with Crippen LogP contribution in [-0.2, 0) is 17.6 Å². The number of thioether (sulfide) groups is 1. The molecule has 0 radical (unpaired) electrons. The Bertz CT molecular complexity index is 956. The van der Waals surface area contributed by atoms with Crippen molar-refractivity contribution in [1.29, 1.82) is 0 Å². The second kappa shape index (κ2) is 11.6. The van der Waals surface area contributed by atoms with Gasteiger partial charge in [-0.3, -0.25) is 9.69 Å². The minimum absolute atomic E-state index is 0.0933. The minimum atomic E-state index is 0.0933. The maximum Gasteiger partial charge on any atom is 0.226 e. The average molecular weight is 515 g/mol. The van der Waals surface area contributed by atoms with Crippen molar-refractivity contribution in [1.82, 2.24) is 19.7 Å². The molecule has 3 aliphatic rings. The summed E-state index contributed by atoms with van der Waals surface area (Å²) in [7, 11) is 0. The Morgan fingerprint density at radius 2 is 1.80 bits per heavy atom. The molecule has 1 amide bonds. The van der Waals surface area contributed by atoms with Gasteiger partial charge in [0.15, 0.2) is 0 Å². The Balaban J connectivity index is 1.06. The van der Waals surface area contributed by atoms with Crippen LogP contribution < -0.4 is 4.74 Å². The van der Waals surface area contributed by atoms with E-state index in [1.807, 2.05) is 11.8 Å². The van der Waals surface area contributed by atoms with Gasteiger partial charge >= 0.3 is 0 Å². The fraction of sp³-hybridized carbons (Fsp3) is 0.630. The van der Waals surface area contributed by atoms with Gasteiger partial charge < -0.3 is 14.5 Å². The number of aromatic nitrogens is 1. The number of benzene rings is 1.